The van der Waals surface area contributed by atoms with Crippen molar-refractivity contribution in [2.45, 2.75) is 45.9 Å². The highest BCUT2D eigenvalue weighted by Gasteiger charge is 2.23. The summed E-state index contributed by atoms with van der Waals surface area (Å²) in [6, 6.07) is 0. The second-order valence-corrected chi connectivity index (χ2v) is 3.94. The van der Waals surface area contributed by atoms with Crippen LogP contribution in [0.4, 0.5) is 0 Å². The molecule has 0 aromatic rings. The Balaban J connectivity index is 3.96. The standard InChI is InChI=1S/C9H22N2O2/c1-7(12)10-8(2)13-9(3,4)11(5)6/h7-8,10,12H,1-6H3. The van der Waals surface area contributed by atoms with Gasteiger partial charge in [-0.1, -0.05) is 0 Å². The minimum absolute atomic E-state index is 0.169. The number of aliphatic hydroxyl groups excluding tert-OH is 1. The van der Waals surface area contributed by atoms with Crippen molar-refractivity contribution in [1.29, 1.82) is 0 Å². The van der Waals surface area contributed by atoms with Gasteiger partial charge in [0, 0.05) is 0 Å². The molecule has 0 rings (SSSR count). The van der Waals surface area contributed by atoms with Crippen LogP contribution in [0, 0.1) is 0 Å². The number of ether oxygens (including phenoxy) is 1. The molecule has 2 atom stereocenters. The Morgan fingerprint density at radius 3 is 2.08 bits per heavy atom. The van der Waals surface area contributed by atoms with Crippen LogP contribution in [-0.2, 0) is 4.74 Å². The topological polar surface area (TPSA) is 44.7 Å². The molecule has 0 amide bonds. The Kier molecular flexibility index (Phi) is 4.85. The van der Waals surface area contributed by atoms with E-state index in [0.717, 1.165) is 0 Å². The van der Waals surface area contributed by atoms with E-state index in [9.17, 15) is 0 Å². The molecular formula is C9H22N2O2. The summed E-state index contributed by atoms with van der Waals surface area (Å²) in [5, 5.41) is 11.9. The zero-order valence-corrected chi connectivity index (χ0v) is 9.46. The van der Waals surface area contributed by atoms with Gasteiger partial charge in [-0.2, -0.15) is 0 Å². The Morgan fingerprint density at radius 2 is 1.77 bits per heavy atom. The third-order valence-electron chi connectivity index (χ3n) is 2.02. The minimum Gasteiger partial charge on any atom is -0.379 e. The summed E-state index contributed by atoms with van der Waals surface area (Å²) in [5.41, 5.74) is -0.332. The van der Waals surface area contributed by atoms with Gasteiger partial charge in [-0.3, -0.25) is 10.2 Å². The highest BCUT2D eigenvalue weighted by molar-refractivity contribution is 4.66. The average Bonchev–Trinajstić information content (AvgIpc) is 1.82. The molecule has 13 heavy (non-hydrogen) atoms. The number of nitrogens with one attached hydrogen (secondary N) is 1. The second kappa shape index (κ2) is 4.91. The van der Waals surface area contributed by atoms with E-state index in [4.69, 9.17) is 9.84 Å². The van der Waals surface area contributed by atoms with Gasteiger partial charge in [0.1, 0.15) is 18.2 Å². The Bertz CT molecular complexity index is 147. The fourth-order valence-electron chi connectivity index (χ4n) is 0.912. The van der Waals surface area contributed by atoms with E-state index in [0.29, 0.717) is 0 Å². The minimum atomic E-state index is -0.548. The van der Waals surface area contributed by atoms with Gasteiger partial charge in [0.05, 0.1) is 0 Å². The van der Waals surface area contributed by atoms with Crippen molar-refractivity contribution in [3.8, 4) is 0 Å². The molecule has 2 N–H and O–H groups in total. The van der Waals surface area contributed by atoms with E-state index < -0.39 is 6.23 Å². The van der Waals surface area contributed by atoms with Gasteiger partial charge >= 0.3 is 0 Å². The van der Waals surface area contributed by atoms with E-state index in [1.807, 2.05) is 39.8 Å². The maximum atomic E-state index is 9.05. The normalized spacial score (nSPS) is 17.5. The van der Waals surface area contributed by atoms with Crippen LogP contribution in [-0.4, -0.2) is 42.3 Å². The van der Waals surface area contributed by atoms with Gasteiger partial charge in [-0.05, 0) is 41.8 Å². The lowest BCUT2D eigenvalue weighted by atomic mass is 10.3. The SMILES string of the molecule is CC(O)NC(C)OC(C)(C)N(C)C. The third-order valence-corrected chi connectivity index (χ3v) is 2.02. The van der Waals surface area contributed by atoms with Gasteiger partial charge in [-0.25, -0.2) is 0 Å². The number of rotatable bonds is 5. The molecule has 0 saturated heterocycles. The van der Waals surface area contributed by atoms with Crippen LogP contribution in [0.3, 0.4) is 0 Å². The summed E-state index contributed by atoms with van der Waals surface area (Å²) in [5.74, 6) is 0. The lowest BCUT2D eigenvalue weighted by Gasteiger charge is -2.35. The highest BCUT2D eigenvalue weighted by Crippen LogP contribution is 2.13. The van der Waals surface area contributed by atoms with Crippen molar-refractivity contribution in [2.24, 2.45) is 0 Å². The van der Waals surface area contributed by atoms with Crippen molar-refractivity contribution >= 4 is 0 Å². The molecule has 0 aromatic heterocycles. The first-order valence-corrected chi connectivity index (χ1v) is 4.55. The predicted octanol–water partition coefficient (Wildman–Crippen LogP) is 0.575. The van der Waals surface area contributed by atoms with Gasteiger partial charge in [-0.15, -0.1) is 0 Å². The van der Waals surface area contributed by atoms with Crippen LogP contribution < -0.4 is 5.32 Å². The molecular weight excluding hydrogens is 168 g/mol. The fraction of sp³-hybridized carbons (Fsp3) is 1.00. The molecule has 0 fully saturated rings. The van der Waals surface area contributed by atoms with Crippen LogP contribution >= 0.6 is 0 Å². The molecule has 4 nitrogen and oxygen atoms in total. The van der Waals surface area contributed by atoms with Crippen LogP contribution in [0.25, 0.3) is 0 Å². The number of nitrogens with zero attached hydrogens (tertiary/aromatic N) is 1. The lowest BCUT2D eigenvalue weighted by molar-refractivity contribution is -0.160. The van der Waals surface area contributed by atoms with Crippen molar-refractivity contribution in [1.82, 2.24) is 10.2 Å². The summed E-state index contributed by atoms with van der Waals surface area (Å²) >= 11 is 0. The molecule has 80 valence electrons. The summed E-state index contributed by atoms with van der Waals surface area (Å²) in [4.78, 5) is 1.98. The fourth-order valence-corrected chi connectivity index (χ4v) is 0.912. The van der Waals surface area contributed by atoms with E-state index >= 15 is 0 Å². The molecule has 0 saturated carbocycles. The monoisotopic (exact) mass is 190 g/mol. The Morgan fingerprint density at radius 1 is 1.31 bits per heavy atom. The summed E-state index contributed by atoms with van der Waals surface area (Å²) in [7, 11) is 3.91. The predicted molar refractivity (Wildman–Crippen MR) is 53.1 cm³/mol. The molecule has 2 unspecified atom stereocenters. The molecule has 0 aliphatic heterocycles. The van der Waals surface area contributed by atoms with Crippen molar-refractivity contribution in [3.63, 3.8) is 0 Å². The molecule has 0 heterocycles. The largest absolute Gasteiger partial charge is 0.379 e. The second-order valence-electron chi connectivity index (χ2n) is 3.94. The maximum absolute atomic E-state index is 9.05. The number of aliphatic hydroxyl groups is 1. The number of hydrogen-bond acceptors (Lipinski definition) is 4. The van der Waals surface area contributed by atoms with Gasteiger partial charge in [0.15, 0.2) is 0 Å². The van der Waals surface area contributed by atoms with Gasteiger partial charge in [0.2, 0.25) is 0 Å². The molecule has 0 aliphatic carbocycles. The van der Waals surface area contributed by atoms with E-state index in [1.165, 1.54) is 0 Å². The van der Waals surface area contributed by atoms with E-state index in [2.05, 4.69) is 5.32 Å². The van der Waals surface area contributed by atoms with Crippen LogP contribution in [0.1, 0.15) is 27.7 Å². The van der Waals surface area contributed by atoms with Gasteiger partial charge < -0.3 is 9.84 Å². The summed E-state index contributed by atoms with van der Waals surface area (Å²) in [6.07, 6.45) is -0.717. The first-order chi connectivity index (χ1) is 5.75. The maximum Gasteiger partial charge on any atom is 0.117 e. The molecule has 0 aromatic carbocycles. The summed E-state index contributed by atoms with van der Waals surface area (Å²) in [6.45, 7) is 7.50. The quantitative estimate of drug-likeness (QED) is 0.622. The van der Waals surface area contributed by atoms with Crippen molar-refractivity contribution < 1.29 is 9.84 Å². The zero-order chi connectivity index (χ0) is 10.6. The molecule has 0 spiro atoms. The molecule has 4 heteroatoms. The van der Waals surface area contributed by atoms with E-state index in [1.54, 1.807) is 6.92 Å². The van der Waals surface area contributed by atoms with Crippen LogP contribution in [0.2, 0.25) is 0 Å². The van der Waals surface area contributed by atoms with Gasteiger partial charge in [0.25, 0.3) is 0 Å². The van der Waals surface area contributed by atoms with Crippen LogP contribution in [0.15, 0.2) is 0 Å². The smallest absolute Gasteiger partial charge is 0.117 e. The van der Waals surface area contributed by atoms with Crippen molar-refractivity contribution in [2.75, 3.05) is 14.1 Å². The lowest BCUT2D eigenvalue weighted by Crippen LogP contribution is -2.48. The Hall–Kier alpha value is -0.160. The Labute approximate surface area is 80.9 Å². The molecule has 0 aliphatic rings. The average molecular weight is 190 g/mol. The third kappa shape index (κ3) is 5.21. The summed E-state index contributed by atoms with van der Waals surface area (Å²) < 4.78 is 5.66. The first kappa shape index (κ1) is 12.8. The molecule has 0 radical (unpaired) electrons. The zero-order valence-electron chi connectivity index (χ0n) is 9.46. The highest BCUT2D eigenvalue weighted by atomic mass is 16.5. The van der Waals surface area contributed by atoms with E-state index in [-0.39, 0.29) is 12.0 Å². The first-order valence-electron chi connectivity index (χ1n) is 4.55. The number of hydrogen-bond donors (Lipinski definition) is 2. The van der Waals surface area contributed by atoms with Crippen molar-refractivity contribution in [3.05, 3.63) is 0 Å². The van der Waals surface area contributed by atoms with Crippen LogP contribution in [0.5, 0.6) is 0 Å². The molecule has 0 bridgehead atoms.